The Labute approximate surface area is 62.7 Å². The van der Waals surface area contributed by atoms with Crippen LogP contribution in [-0.2, 0) is 4.74 Å². The fourth-order valence-corrected chi connectivity index (χ4v) is 1.24. The van der Waals surface area contributed by atoms with Crippen LogP contribution in [0, 0.1) is 11.8 Å². The average molecular weight is 143 g/mol. The molecule has 1 heterocycles. The van der Waals surface area contributed by atoms with Gasteiger partial charge < -0.3 is 10.5 Å². The molecule has 1 rings (SSSR count). The van der Waals surface area contributed by atoms with Crippen molar-refractivity contribution in [3.8, 4) is 0 Å². The number of rotatable bonds is 3. The fourth-order valence-electron chi connectivity index (χ4n) is 1.24. The summed E-state index contributed by atoms with van der Waals surface area (Å²) >= 11 is 0. The van der Waals surface area contributed by atoms with E-state index >= 15 is 0 Å². The molecule has 2 nitrogen and oxygen atoms in total. The van der Waals surface area contributed by atoms with Crippen molar-refractivity contribution in [2.45, 2.75) is 26.3 Å². The molecule has 1 aliphatic rings. The third-order valence-corrected chi connectivity index (χ3v) is 2.01. The van der Waals surface area contributed by atoms with Gasteiger partial charge in [0.15, 0.2) is 0 Å². The van der Waals surface area contributed by atoms with Crippen LogP contribution in [-0.4, -0.2) is 19.3 Å². The summed E-state index contributed by atoms with van der Waals surface area (Å²) in [6, 6.07) is 0.369. The minimum absolute atomic E-state index is 0.369. The van der Waals surface area contributed by atoms with Crippen LogP contribution in [0.25, 0.3) is 0 Å². The highest BCUT2D eigenvalue weighted by Gasteiger charge is 2.25. The Balaban J connectivity index is 2.13. The van der Waals surface area contributed by atoms with Crippen LogP contribution >= 0.6 is 0 Å². The molecule has 1 saturated heterocycles. The highest BCUT2D eigenvalue weighted by atomic mass is 16.5. The standard InChI is InChI=1S/C8H17NO/c1-6(2)3-8(9)7-4-10-5-7/h6-8H,3-5,9H2,1-2H3. The van der Waals surface area contributed by atoms with Gasteiger partial charge in [0.05, 0.1) is 13.2 Å². The number of hydrogen-bond donors (Lipinski definition) is 1. The van der Waals surface area contributed by atoms with Gasteiger partial charge in [-0.3, -0.25) is 0 Å². The van der Waals surface area contributed by atoms with E-state index in [9.17, 15) is 0 Å². The Morgan fingerprint density at radius 2 is 2.10 bits per heavy atom. The topological polar surface area (TPSA) is 35.2 Å². The molecule has 0 spiro atoms. The van der Waals surface area contributed by atoms with Crippen molar-refractivity contribution in [2.24, 2.45) is 17.6 Å². The van der Waals surface area contributed by atoms with Gasteiger partial charge in [-0.25, -0.2) is 0 Å². The highest BCUT2D eigenvalue weighted by molar-refractivity contribution is 4.78. The quantitative estimate of drug-likeness (QED) is 0.640. The Morgan fingerprint density at radius 3 is 2.40 bits per heavy atom. The van der Waals surface area contributed by atoms with Crippen molar-refractivity contribution in [1.29, 1.82) is 0 Å². The molecule has 2 heteroatoms. The number of hydrogen-bond acceptors (Lipinski definition) is 2. The summed E-state index contributed by atoms with van der Waals surface area (Å²) in [4.78, 5) is 0. The predicted molar refractivity (Wildman–Crippen MR) is 41.7 cm³/mol. The minimum atomic E-state index is 0.369. The molecule has 1 unspecified atom stereocenters. The molecule has 2 N–H and O–H groups in total. The molecule has 1 atom stereocenters. The lowest BCUT2D eigenvalue weighted by Gasteiger charge is -2.32. The molecule has 0 bridgehead atoms. The molecule has 0 aromatic carbocycles. The first-order valence-electron chi connectivity index (χ1n) is 4.03. The fraction of sp³-hybridized carbons (Fsp3) is 1.00. The average Bonchev–Trinajstić information content (AvgIpc) is 1.55. The lowest BCUT2D eigenvalue weighted by atomic mass is 9.92. The molecule has 0 radical (unpaired) electrons. The van der Waals surface area contributed by atoms with Crippen molar-refractivity contribution >= 4 is 0 Å². The van der Waals surface area contributed by atoms with E-state index in [0.717, 1.165) is 25.6 Å². The van der Waals surface area contributed by atoms with Crippen molar-refractivity contribution in [3.63, 3.8) is 0 Å². The maximum Gasteiger partial charge on any atom is 0.0531 e. The van der Waals surface area contributed by atoms with Crippen LogP contribution < -0.4 is 5.73 Å². The second-order valence-electron chi connectivity index (χ2n) is 3.59. The van der Waals surface area contributed by atoms with E-state index in [1.807, 2.05) is 0 Å². The molecule has 1 fully saturated rings. The summed E-state index contributed by atoms with van der Waals surface area (Å²) in [5, 5.41) is 0. The molecule has 0 aromatic rings. The van der Waals surface area contributed by atoms with Crippen molar-refractivity contribution in [2.75, 3.05) is 13.2 Å². The Kier molecular flexibility index (Phi) is 2.69. The largest absolute Gasteiger partial charge is 0.381 e. The van der Waals surface area contributed by atoms with E-state index in [0.29, 0.717) is 12.0 Å². The normalized spacial score (nSPS) is 22.8. The zero-order valence-corrected chi connectivity index (χ0v) is 6.84. The van der Waals surface area contributed by atoms with E-state index in [-0.39, 0.29) is 0 Å². The zero-order valence-electron chi connectivity index (χ0n) is 6.84. The van der Waals surface area contributed by atoms with E-state index in [1.165, 1.54) is 0 Å². The summed E-state index contributed by atoms with van der Waals surface area (Å²) in [6.07, 6.45) is 1.13. The van der Waals surface area contributed by atoms with Gasteiger partial charge >= 0.3 is 0 Å². The molecule has 0 saturated carbocycles. The SMILES string of the molecule is CC(C)CC(N)C1COC1. The van der Waals surface area contributed by atoms with E-state index in [1.54, 1.807) is 0 Å². The molecular weight excluding hydrogens is 126 g/mol. The third kappa shape index (κ3) is 1.96. The van der Waals surface area contributed by atoms with Crippen LogP contribution in [0.15, 0.2) is 0 Å². The number of nitrogens with two attached hydrogens (primary N) is 1. The molecule has 10 heavy (non-hydrogen) atoms. The first-order chi connectivity index (χ1) is 4.70. The second kappa shape index (κ2) is 3.35. The third-order valence-electron chi connectivity index (χ3n) is 2.01. The van der Waals surface area contributed by atoms with Crippen LogP contribution in [0.4, 0.5) is 0 Å². The molecule has 60 valence electrons. The van der Waals surface area contributed by atoms with Crippen LogP contribution in [0.2, 0.25) is 0 Å². The minimum Gasteiger partial charge on any atom is -0.381 e. The van der Waals surface area contributed by atoms with Crippen molar-refractivity contribution < 1.29 is 4.74 Å². The Hall–Kier alpha value is -0.0800. The Bertz CT molecular complexity index is 99.4. The van der Waals surface area contributed by atoms with Crippen molar-refractivity contribution in [1.82, 2.24) is 0 Å². The van der Waals surface area contributed by atoms with Gasteiger partial charge in [-0.1, -0.05) is 13.8 Å². The van der Waals surface area contributed by atoms with Gasteiger partial charge in [0.2, 0.25) is 0 Å². The summed E-state index contributed by atoms with van der Waals surface area (Å²) < 4.78 is 5.06. The van der Waals surface area contributed by atoms with Crippen LogP contribution in [0.5, 0.6) is 0 Å². The molecule has 1 aliphatic heterocycles. The first kappa shape index (κ1) is 8.02. The maximum absolute atomic E-state index is 5.90. The van der Waals surface area contributed by atoms with Gasteiger partial charge in [0.1, 0.15) is 0 Å². The van der Waals surface area contributed by atoms with Crippen LogP contribution in [0.1, 0.15) is 20.3 Å². The van der Waals surface area contributed by atoms with Crippen LogP contribution in [0.3, 0.4) is 0 Å². The number of ether oxygens (including phenoxy) is 1. The van der Waals surface area contributed by atoms with E-state index in [2.05, 4.69) is 13.8 Å². The van der Waals surface area contributed by atoms with Gasteiger partial charge in [0, 0.05) is 12.0 Å². The molecule has 0 aromatic heterocycles. The van der Waals surface area contributed by atoms with E-state index in [4.69, 9.17) is 10.5 Å². The molecule has 0 amide bonds. The second-order valence-corrected chi connectivity index (χ2v) is 3.59. The maximum atomic E-state index is 5.90. The lowest BCUT2D eigenvalue weighted by molar-refractivity contribution is -0.0461. The smallest absolute Gasteiger partial charge is 0.0531 e. The molecule has 0 aliphatic carbocycles. The zero-order chi connectivity index (χ0) is 7.56. The summed E-state index contributed by atoms with van der Waals surface area (Å²) in [7, 11) is 0. The predicted octanol–water partition coefficient (Wildman–Crippen LogP) is 1.01. The summed E-state index contributed by atoms with van der Waals surface area (Å²) in [6.45, 7) is 6.18. The first-order valence-corrected chi connectivity index (χ1v) is 4.03. The molecular formula is C8H17NO. The lowest BCUT2D eigenvalue weighted by Crippen LogP contribution is -2.43. The Morgan fingerprint density at radius 1 is 1.50 bits per heavy atom. The van der Waals surface area contributed by atoms with Gasteiger partial charge in [-0.05, 0) is 12.3 Å². The van der Waals surface area contributed by atoms with Gasteiger partial charge in [-0.2, -0.15) is 0 Å². The van der Waals surface area contributed by atoms with Crippen molar-refractivity contribution in [3.05, 3.63) is 0 Å². The summed E-state index contributed by atoms with van der Waals surface area (Å²) in [5.74, 6) is 1.36. The van der Waals surface area contributed by atoms with Gasteiger partial charge in [0.25, 0.3) is 0 Å². The van der Waals surface area contributed by atoms with Gasteiger partial charge in [-0.15, -0.1) is 0 Å². The monoisotopic (exact) mass is 143 g/mol. The van der Waals surface area contributed by atoms with E-state index < -0.39 is 0 Å². The highest BCUT2D eigenvalue weighted by Crippen LogP contribution is 2.18. The summed E-state index contributed by atoms with van der Waals surface area (Å²) in [5.41, 5.74) is 5.90.